The summed E-state index contributed by atoms with van der Waals surface area (Å²) in [6.07, 6.45) is 11.0. The smallest absolute Gasteiger partial charge is 0.0598 e. The fourth-order valence-corrected chi connectivity index (χ4v) is 3.18. The van der Waals surface area contributed by atoms with Crippen LogP contribution in [-0.4, -0.2) is 0 Å². The standard InChI is InChI=1S/C22H23N/c1-2-22(23)15-11-7-5-3-4-6-8-14-20-16-18-12-9-10-13-19(18)17-21(20)22/h2,8-10,12-14,16-17H,1,5-7,11,15,23H2/b14-8-. The van der Waals surface area contributed by atoms with Crippen LogP contribution in [0.3, 0.4) is 0 Å². The molecule has 0 radical (unpaired) electrons. The van der Waals surface area contributed by atoms with Crippen LogP contribution in [0.25, 0.3) is 16.8 Å². The van der Waals surface area contributed by atoms with Crippen molar-refractivity contribution >= 4 is 16.8 Å². The highest BCUT2D eigenvalue weighted by Crippen LogP contribution is 2.33. The second-order valence-electron chi connectivity index (χ2n) is 6.20. The van der Waals surface area contributed by atoms with Gasteiger partial charge in [0.25, 0.3) is 0 Å². The number of benzene rings is 2. The van der Waals surface area contributed by atoms with Gasteiger partial charge in [0.15, 0.2) is 0 Å². The molecule has 0 heterocycles. The molecular weight excluding hydrogens is 278 g/mol. The Balaban J connectivity index is 2.18. The van der Waals surface area contributed by atoms with Gasteiger partial charge in [-0.2, -0.15) is 0 Å². The summed E-state index contributed by atoms with van der Waals surface area (Å²) in [5, 5.41) is 2.46. The minimum atomic E-state index is -0.490. The summed E-state index contributed by atoms with van der Waals surface area (Å²) in [4.78, 5) is 0. The zero-order chi connectivity index (χ0) is 16.1. The highest BCUT2D eigenvalue weighted by atomic mass is 14.7. The Morgan fingerprint density at radius 2 is 1.87 bits per heavy atom. The van der Waals surface area contributed by atoms with E-state index in [2.05, 4.69) is 67.0 Å². The van der Waals surface area contributed by atoms with E-state index in [0.29, 0.717) is 0 Å². The van der Waals surface area contributed by atoms with E-state index >= 15 is 0 Å². The Labute approximate surface area is 138 Å². The topological polar surface area (TPSA) is 26.0 Å². The van der Waals surface area contributed by atoms with Crippen LogP contribution in [0.4, 0.5) is 0 Å². The van der Waals surface area contributed by atoms with Crippen molar-refractivity contribution in [3.05, 3.63) is 66.3 Å². The largest absolute Gasteiger partial charge is 0.318 e. The molecule has 23 heavy (non-hydrogen) atoms. The molecule has 0 bridgehead atoms. The van der Waals surface area contributed by atoms with Crippen molar-refractivity contribution in [1.82, 2.24) is 0 Å². The second-order valence-corrected chi connectivity index (χ2v) is 6.20. The molecule has 3 rings (SSSR count). The number of hydrogen-bond acceptors (Lipinski definition) is 1. The third-order valence-electron chi connectivity index (χ3n) is 4.57. The Kier molecular flexibility index (Phi) is 4.65. The minimum absolute atomic E-state index is 0.490. The van der Waals surface area contributed by atoms with Gasteiger partial charge in [-0.05, 0) is 46.9 Å². The maximum atomic E-state index is 6.75. The molecule has 2 aromatic carbocycles. The molecule has 0 fully saturated rings. The predicted molar refractivity (Wildman–Crippen MR) is 99.9 cm³/mol. The molecule has 1 nitrogen and oxygen atoms in total. The summed E-state index contributed by atoms with van der Waals surface area (Å²) in [5.74, 6) is 6.45. The normalized spacial score (nSPS) is 22.8. The van der Waals surface area contributed by atoms with Crippen LogP contribution >= 0.6 is 0 Å². The first kappa shape index (κ1) is 15.6. The third-order valence-corrected chi connectivity index (χ3v) is 4.57. The lowest BCUT2D eigenvalue weighted by atomic mass is 9.81. The molecule has 0 amide bonds. The molecule has 1 heteroatoms. The van der Waals surface area contributed by atoms with Crippen molar-refractivity contribution in [1.29, 1.82) is 0 Å². The molecule has 1 aliphatic rings. The number of fused-ring (bicyclic) bond motifs is 2. The lowest BCUT2D eigenvalue weighted by Crippen LogP contribution is -2.35. The first-order chi connectivity index (χ1) is 11.2. The van der Waals surface area contributed by atoms with E-state index in [1.54, 1.807) is 0 Å². The fraction of sp³-hybridized carbons (Fsp3) is 0.273. The average molecular weight is 301 g/mol. The lowest BCUT2D eigenvalue weighted by Gasteiger charge is -2.29. The van der Waals surface area contributed by atoms with Crippen molar-refractivity contribution in [3.63, 3.8) is 0 Å². The first-order valence-corrected chi connectivity index (χ1v) is 8.31. The number of allylic oxidation sites excluding steroid dienone is 1. The zero-order valence-electron chi connectivity index (χ0n) is 13.5. The molecule has 0 aliphatic heterocycles. The Hall–Kier alpha value is -2.30. The Morgan fingerprint density at radius 1 is 1.09 bits per heavy atom. The maximum absolute atomic E-state index is 6.75. The molecular formula is C22H23N. The van der Waals surface area contributed by atoms with Gasteiger partial charge in [-0.25, -0.2) is 0 Å². The average Bonchev–Trinajstić information content (AvgIpc) is 2.58. The highest BCUT2D eigenvalue weighted by Gasteiger charge is 2.25. The molecule has 2 aromatic rings. The van der Waals surface area contributed by atoms with Crippen LogP contribution in [0.15, 0.2) is 55.1 Å². The van der Waals surface area contributed by atoms with Gasteiger partial charge in [0.2, 0.25) is 0 Å². The van der Waals surface area contributed by atoms with Crippen LogP contribution in [0.1, 0.15) is 43.2 Å². The third kappa shape index (κ3) is 3.38. The van der Waals surface area contributed by atoms with Crippen LogP contribution in [0, 0.1) is 11.8 Å². The zero-order valence-corrected chi connectivity index (χ0v) is 13.5. The van der Waals surface area contributed by atoms with Gasteiger partial charge in [-0.3, -0.25) is 0 Å². The number of hydrogen-bond donors (Lipinski definition) is 1. The van der Waals surface area contributed by atoms with Crippen molar-refractivity contribution < 1.29 is 0 Å². The van der Waals surface area contributed by atoms with E-state index in [1.807, 2.05) is 6.08 Å². The van der Waals surface area contributed by atoms with Gasteiger partial charge >= 0.3 is 0 Å². The van der Waals surface area contributed by atoms with Crippen LogP contribution in [0.2, 0.25) is 0 Å². The molecule has 116 valence electrons. The van der Waals surface area contributed by atoms with Gasteiger partial charge in [-0.1, -0.05) is 54.8 Å². The molecule has 0 aromatic heterocycles. The van der Waals surface area contributed by atoms with E-state index in [4.69, 9.17) is 5.73 Å². The molecule has 0 saturated carbocycles. The van der Waals surface area contributed by atoms with Gasteiger partial charge in [0, 0.05) is 12.8 Å². The van der Waals surface area contributed by atoms with Gasteiger partial charge < -0.3 is 5.73 Å². The molecule has 2 N–H and O–H groups in total. The van der Waals surface area contributed by atoms with Crippen LogP contribution in [-0.2, 0) is 5.54 Å². The predicted octanol–water partition coefficient (Wildman–Crippen LogP) is 5.16. The molecule has 0 saturated heterocycles. The number of rotatable bonds is 1. The number of nitrogens with two attached hydrogens (primary N) is 1. The summed E-state index contributed by atoms with van der Waals surface area (Å²) in [5.41, 5.74) is 8.60. The Bertz CT molecular complexity index is 804. The van der Waals surface area contributed by atoms with Crippen LogP contribution in [0.5, 0.6) is 0 Å². The molecule has 1 atom stereocenters. The van der Waals surface area contributed by atoms with E-state index in [1.165, 1.54) is 16.3 Å². The van der Waals surface area contributed by atoms with E-state index in [-0.39, 0.29) is 0 Å². The lowest BCUT2D eigenvalue weighted by molar-refractivity contribution is 0.482. The van der Waals surface area contributed by atoms with E-state index in [0.717, 1.165) is 37.7 Å². The molecule has 1 aliphatic carbocycles. The summed E-state index contributed by atoms with van der Waals surface area (Å²) >= 11 is 0. The van der Waals surface area contributed by atoms with Gasteiger partial charge in [-0.15, -0.1) is 12.5 Å². The van der Waals surface area contributed by atoms with Crippen LogP contribution < -0.4 is 5.73 Å². The van der Waals surface area contributed by atoms with Crippen molar-refractivity contribution in [2.45, 2.75) is 37.6 Å². The minimum Gasteiger partial charge on any atom is -0.318 e. The van der Waals surface area contributed by atoms with E-state index in [9.17, 15) is 0 Å². The summed E-state index contributed by atoms with van der Waals surface area (Å²) in [6, 6.07) is 12.9. The first-order valence-electron chi connectivity index (χ1n) is 8.31. The SMILES string of the molecule is C=CC1(N)CCCCC#CC/C=C\c2cc3ccccc3cc21. The fourth-order valence-electron chi connectivity index (χ4n) is 3.18. The Morgan fingerprint density at radius 3 is 2.65 bits per heavy atom. The van der Waals surface area contributed by atoms with Crippen molar-refractivity contribution in [2.75, 3.05) is 0 Å². The van der Waals surface area contributed by atoms with Gasteiger partial charge in [0.05, 0.1) is 5.54 Å². The van der Waals surface area contributed by atoms with Crippen molar-refractivity contribution in [3.8, 4) is 11.8 Å². The van der Waals surface area contributed by atoms with Gasteiger partial charge in [0.1, 0.15) is 0 Å². The maximum Gasteiger partial charge on any atom is 0.0598 e. The summed E-state index contributed by atoms with van der Waals surface area (Å²) in [6.45, 7) is 4.03. The summed E-state index contributed by atoms with van der Waals surface area (Å²) < 4.78 is 0. The molecule has 1 unspecified atom stereocenters. The highest BCUT2D eigenvalue weighted by molar-refractivity contribution is 5.86. The quantitative estimate of drug-likeness (QED) is 0.571. The summed E-state index contributed by atoms with van der Waals surface area (Å²) in [7, 11) is 0. The second kappa shape index (κ2) is 6.86. The van der Waals surface area contributed by atoms with Crippen molar-refractivity contribution in [2.24, 2.45) is 5.73 Å². The van der Waals surface area contributed by atoms with E-state index < -0.39 is 5.54 Å². The molecule has 0 spiro atoms. The monoisotopic (exact) mass is 301 g/mol.